The number of rotatable bonds is 8. The predicted octanol–water partition coefficient (Wildman–Crippen LogP) is 1.86. The molecule has 2 aliphatic heterocycles. The minimum absolute atomic E-state index is 0.220. The topological polar surface area (TPSA) is 91.4 Å². The molecule has 0 spiro atoms. The van der Waals surface area contributed by atoms with Crippen LogP contribution in [0.3, 0.4) is 0 Å². The predicted molar refractivity (Wildman–Crippen MR) is 130 cm³/mol. The van der Waals surface area contributed by atoms with Gasteiger partial charge in [-0.05, 0) is 48.7 Å². The standard InChI is InChI=1S/C26H32N4O5/c1-26(20-6-10-22(35-3)11-7-20)24(32)30(25(33)27-26)18-23(31)29-16-14-28(15-17-29)13-12-19-4-8-21(34-2)9-5-19/h4-11H,12-18H2,1-3H3,(H,27,33). The zero-order chi connectivity index (χ0) is 25.0. The second kappa shape index (κ2) is 10.4. The number of piperazine rings is 1. The third-order valence-electron chi connectivity index (χ3n) is 6.84. The van der Waals surface area contributed by atoms with E-state index < -0.39 is 17.5 Å². The smallest absolute Gasteiger partial charge is 0.325 e. The van der Waals surface area contributed by atoms with Gasteiger partial charge in [-0.25, -0.2) is 4.79 Å². The lowest BCUT2D eigenvalue weighted by Crippen LogP contribution is -2.52. The fraction of sp³-hybridized carbons (Fsp3) is 0.423. The van der Waals surface area contributed by atoms with Crippen molar-refractivity contribution < 1.29 is 23.9 Å². The van der Waals surface area contributed by atoms with Crippen molar-refractivity contribution in [3.05, 3.63) is 59.7 Å². The summed E-state index contributed by atoms with van der Waals surface area (Å²) in [6.07, 6.45) is 0.921. The fourth-order valence-corrected chi connectivity index (χ4v) is 4.50. The molecule has 186 valence electrons. The number of imide groups is 1. The maximum atomic E-state index is 13.1. The van der Waals surface area contributed by atoms with Gasteiger partial charge in [0.25, 0.3) is 5.91 Å². The third kappa shape index (κ3) is 5.24. The highest BCUT2D eigenvalue weighted by Crippen LogP contribution is 2.30. The van der Waals surface area contributed by atoms with Gasteiger partial charge in [0.2, 0.25) is 5.91 Å². The third-order valence-corrected chi connectivity index (χ3v) is 6.84. The first-order valence-corrected chi connectivity index (χ1v) is 11.8. The molecule has 9 nitrogen and oxygen atoms in total. The number of ether oxygens (including phenoxy) is 2. The Balaban J connectivity index is 1.28. The lowest BCUT2D eigenvalue weighted by Gasteiger charge is -2.35. The van der Waals surface area contributed by atoms with E-state index in [4.69, 9.17) is 9.47 Å². The highest BCUT2D eigenvalue weighted by molar-refractivity contribution is 6.09. The normalized spacial score (nSPS) is 20.7. The van der Waals surface area contributed by atoms with Crippen molar-refractivity contribution in [3.63, 3.8) is 0 Å². The van der Waals surface area contributed by atoms with E-state index in [1.54, 1.807) is 50.3 Å². The molecular formula is C26H32N4O5. The number of carbonyl (C=O) groups is 3. The maximum absolute atomic E-state index is 13.1. The van der Waals surface area contributed by atoms with Crippen LogP contribution in [0.4, 0.5) is 4.79 Å². The Morgan fingerprint density at radius 2 is 1.49 bits per heavy atom. The molecule has 1 N–H and O–H groups in total. The molecule has 0 aromatic heterocycles. The molecule has 1 atom stereocenters. The Bertz CT molecular complexity index is 1060. The van der Waals surface area contributed by atoms with Crippen LogP contribution >= 0.6 is 0 Å². The van der Waals surface area contributed by atoms with Crippen LogP contribution in [0.25, 0.3) is 0 Å². The van der Waals surface area contributed by atoms with Crippen LogP contribution in [-0.2, 0) is 21.5 Å². The molecule has 2 aromatic rings. The molecule has 4 rings (SSSR count). The van der Waals surface area contributed by atoms with Crippen molar-refractivity contribution in [2.75, 3.05) is 53.5 Å². The van der Waals surface area contributed by atoms with Gasteiger partial charge in [-0.2, -0.15) is 0 Å². The quantitative estimate of drug-likeness (QED) is 0.580. The number of amides is 4. The molecule has 0 radical (unpaired) electrons. The number of nitrogens with one attached hydrogen (secondary N) is 1. The van der Waals surface area contributed by atoms with Gasteiger partial charge in [0, 0.05) is 32.7 Å². The van der Waals surface area contributed by atoms with Crippen molar-refractivity contribution in [2.45, 2.75) is 18.9 Å². The molecule has 35 heavy (non-hydrogen) atoms. The summed E-state index contributed by atoms with van der Waals surface area (Å²) in [5.41, 5.74) is 0.656. The highest BCUT2D eigenvalue weighted by atomic mass is 16.5. The van der Waals surface area contributed by atoms with Crippen molar-refractivity contribution in [1.82, 2.24) is 20.0 Å². The Hall–Kier alpha value is -3.59. The summed E-state index contributed by atoms with van der Waals surface area (Å²) in [6.45, 7) is 4.95. The van der Waals surface area contributed by atoms with Crippen LogP contribution in [0.2, 0.25) is 0 Å². The van der Waals surface area contributed by atoms with Crippen LogP contribution in [0.15, 0.2) is 48.5 Å². The molecule has 0 bridgehead atoms. The van der Waals surface area contributed by atoms with Crippen molar-refractivity contribution in [1.29, 1.82) is 0 Å². The monoisotopic (exact) mass is 480 g/mol. The van der Waals surface area contributed by atoms with Crippen molar-refractivity contribution in [3.8, 4) is 11.5 Å². The molecule has 0 saturated carbocycles. The van der Waals surface area contributed by atoms with E-state index in [-0.39, 0.29) is 12.5 Å². The Morgan fingerprint density at radius 1 is 0.914 bits per heavy atom. The zero-order valence-electron chi connectivity index (χ0n) is 20.5. The molecule has 2 fully saturated rings. The van der Waals surface area contributed by atoms with Crippen LogP contribution in [0.1, 0.15) is 18.1 Å². The summed E-state index contributed by atoms with van der Waals surface area (Å²) in [7, 11) is 3.22. The number of nitrogens with zero attached hydrogens (tertiary/aromatic N) is 3. The average Bonchev–Trinajstić information content (AvgIpc) is 3.11. The first kappa shape index (κ1) is 24.5. The molecular weight excluding hydrogens is 448 g/mol. The second-order valence-electron chi connectivity index (χ2n) is 9.00. The summed E-state index contributed by atoms with van der Waals surface area (Å²) in [4.78, 5) is 43.8. The summed E-state index contributed by atoms with van der Waals surface area (Å²) in [5.74, 6) is 0.848. The minimum atomic E-state index is -1.22. The Kier molecular flexibility index (Phi) is 7.25. The first-order chi connectivity index (χ1) is 16.8. The molecule has 2 aromatic carbocycles. The fourth-order valence-electron chi connectivity index (χ4n) is 4.50. The number of hydrogen-bond donors (Lipinski definition) is 1. The van der Waals surface area contributed by atoms with Crippen LogP contribution < -0.4 is 14.8 Å². The number of benzene rings is 2. The summed E-state index contributed by atoms with van der Waals surface area (Å²) < 4.78 is 10.4. The van der Waals surface area contributed by atoms with Gasteiger partial charge in [0.05, 0.1) is 14.2 Å². The first-order valence-electron chi connectivity index (χ1n) is 11.8. The SMILES string of the molecule is COc1ccc(CCN2CCN(C(=O)CN3C(=O)NC(C)(c4ccc(OC)cc4)C3=O)CC2)cc1. The van der Waals surface area contributed by atoms with E-state index in [2.05, 4.69) is 22.3 Å². The van der Waals surface area contributed by atoms with Crippen LogP contribution in [0, 0.1) is 0 Å². The zero-order valence-corrected chi connectivity index (χ0v) is 20.5. The summed E-state index contributed by atoms with van der Waals surface area (Å²) >= 11 is 0. The molecule has 0 aliphatic carbocycles. The summed E-state index contributed by atoms with van der Waals surface area (Å²) in [6, 6.07) is 14.5. The average molecular weight is 481 g/mol. The Morgan fingerprint density at radius 3 is 2.06 bits per heavy atom. The highest BCUT2D eigenvalue weighted by Gasteiger charge is 2.49. The Labute approximate surface area is 205 Å². The number of carbonyl (C=O) groups excluding carboxylic acids is 3. The molecule has 4 amide bonds. The van der Waals surface area contributed by atoms with Crippen molar-refractivity contribution >= 4 is 17.8 Å². The van der Waals surface area contributed by atoms with Crippen molar-refractivity contribution in [2.24, 2.45) is 0 Å². The largest absolute Gasteiger partial charge is 0.497 e. The van der Waals surface area contributed by atoms with E-state index >= 15 is 0 Å². The lowest BCUT2D eigenvalue weighted by atomic mass is 9.92. The van der Waals surface area contributed by atoms with Gasteiger partial charge in [0.15, 0.2) is 0 Å². The van der Waals surface area contributed by atoms with Gasteiger partial charge < -0.3 is 19.7 Å². The molecule has 2 heterocycles. The van der Waals surface area contributed by atoms with E-state index in [1.807, 2.05) is 12.1 Å². The van der Waals surface area contributed by atoms with Crippen LogP contribution in [0.5, 0.6) is 11.5 Å². The number of urea groups is 1. The van der Waals surface area contributed by atoms with E-state index in [9.17, 15) is 14.4 Å². The summed E-state index contributed by atoms with van der Waals surface area (Å²) in [5, 5.41) is 2.75. The van der Waals surface area contributed by atoms with Crippen LogP contribution in [-0.4, -0.2) is 86.0 Å². The van der Waals surface area contributed by atoms with Gasteiger partial charge >= 0.3 is 6.03 Å². The number of methoxy groups -OCH3 is 2. The van der Waals surface area contributed by atoms with E-state index in [0.29, 0.717) is 24.4 Å². The molecule has 2 saturated heterocycles. The molecule has 1 unspecified atom stereocenters. The lowest BCUT2D eigenvalue weighted by molar-refractivity contribution is -0.139. The molecule has 9 heteroatoms. The van der Waals surface area contributed by atoms with Gasteiger partial charge in [-0.1, -0.05) is 24.3 Å². The minimum Gasteiger partial charge on any atom is -0.497 e. The number of hydrogen-bond acceptors (Lipinski definition) is 6. The second-order valence-corrected chi connectivity index (χ2v) is 9.00. The van der Waals surface area contributed by atoms with Gasteiger partial charge in [-0.15, -0.1) is 0 Å². The van der Waals surface area contributed by atoms with Gasteiger partial charge in [-0.3, -0.25) is 19.4 Å². The van der Waals surface area contributed by atoms with E-state index in [1.165, 1.54) is 5.56 Å². The maximum Gasteiger partial charge on any atom is 0.325 e. The van der Waals surface area contributed by atoms with E-state index in [0.717, 1.165) is 36.7 Å². The molecule has 2 aliphatic rings. The van der Waals surface area contributed by atoms with Gasteiger partial charge in [0.1, 0.15) is 23.6 Å².